The van der Waals surface area contributed by atoms with Crippen LogP contribution in [0.3, 0.4) is 0 Å². The van der Waals surface area contributed by atoms with Crippen LogP contribution in [0.1, 0.15) is 10.4 Å². The molecule has 0 aromatic heterocycles. The Kier molecular flexibility index (Phi) is 4.81. The molecular formula is C14H11FINOS. The molecule has 0 spiro atoms. The summed E-state index contributed by atoms with van der Waals surface area (Å²) in [6, 6.07) is 11.7. The maximum Gasteiger partial charge on any atom is 0.256 e. The largest absolute Gasteiger partial charge is 0.322 e. The second-order valence-electron chi connectivity index (χ2n) is 3.81. The molecule has 2 aromatic rings. The van der Waals surface area contributed by atoms with Crippen molar-refractivity contribution in [3.05, 3.63) is 57.4 Å². The topological polar surface area (TPSA) is 29.1 Å². The van der Waals surface area contributed by atoms with Gasteiger partial charge in [0, 0.05) is 14.2 Å². The summed E-state index contributed by atoms with van der Waals surface area (Å²) in [6.07, 6.45) is 1.98. The average Bonchev–Trinajstić information content (AvgIpc) is 2.38. The van der Waals surface area contributed by atoms with Crippen molar-refractivity contribution in [2.24, 2.45) is 0 Å². The van der Waals surface area contributed by atoms with E-state index in [1.807, 2.05) is 53.1 Å². The van der Waals surface area contributed by atoms with Gasteiger partial charge in [0.05, 0.1) is 5.56 Å². The highest BCUT2D eigenvalue weighted by molar-refractivity contribution is 14.1. The van der Waals surface area contributed by atoms with Crippen molar-refractivity contribution < 1.29 is 9.18 Å². The predicted octanol–water partition coefficient (Wildman–Crippen LogP) is 4.40. The van der Waals surface area contributed by atoms with Gasteiger partial charge in [-0.05, 0) is 65.2 Å². The Hall–Kier alpha value is -1.08. The number of rotatable bonds is 3. The molecule has 2 nitrogen and oxygen atoms in total. The Bertz CT molecular complexity index is 618. The van der Waals surface area contributed by atoms with E-state index >= 15 is 0 Å². The molecule has 0 bridgehead atoms. The molecule has 0 aliphatic heterocycles. The van der Waals surface area contributed by atoms with Crippen molar-refractivity contribution in [3.63, 3.8) is 0 Å². The molecule has 2 rings (SSSR count). The summed E-state index contributed by atoms with van der Waals surface area (Å²) in [5.74, 6) is -0.576. The number of hydrogen-bond acceptors (Lipinski definition) is 2. The predicted molar refractivity (Wildman–Crippen MR) is 85.3 cm³/mol. The van der Waals surface area contributed by atoms with Gasteiger partial charge in [0.1, 0.15) is 5.82 Å². The van der Waals surface area contributed by atoms with E-state index in [4.69, 9.17) is 0 Å². The Labute approximate surface area is 128 Å². The van der Waals surface area contributed by atoms with E-state index in [0.717, 1.165) is 10.6 Å². The molecule has 98 valence electrons. The first-order valence-electron chi connectivity index (χ1n) is 5.50. The van der Waals surface area contributed by atoms with Gasteiger partial charge >= 0.3 is 0 Å². The van der Waals surface area contributed by atoms with Gasteiger partial charge in [0.15, 0.2) is 0 Å². The molecule has 0 unspecified atom stereocenters. The number of amides is 1. The minimum absolute atomic E-state index is 0.234. The fourth-order valence-electron chi connectivity index (χ4n) is 1.57. The molecular weight excluding hydrogens is 376 g/mol. The molecule has 0 atom stereocenters. The van der Waals surface area contributed by atoms with E-state index in [-0.39, 0.29) is 11.7 Å². The number of halogens is 2. The first-order valence-corrected chi connectivity index (χ1v) is 7.81. The first-order chi connectivity index (χ1) is 9.10. The summed E-state index contributed by atoms with van der Waals surface area (Å²) in [5.41, 5.74) is 1.20. The van der Waals surface area contributed by atoms with Gasteiger partial charge in [-0.3, -0.25) is 4.79 Å². The molecule has 1 amide bonds. The highest BCUT2D eigenvalue weighted by Gasteiger charge is 2.11. The van der Waals surface area contributed by atoms with E-state index in [2.05, 4.69) is 5.32 Å². The van der Waals surface area contributed by atoms with Crippen molar-refractivity contribution in [1.82, 2.24) is 0 Å². The van der Waals surface area contributed by atoms with Gasteiger partial charge in [-0.25, -0.2) is 4.39 Å². The van der Waals surface area contributed by atoms with Crippen LogP contribution >= 0.6 is 34.4 Å². The molecule has 5 heteroatoms. The fourth-order valence-corrected chi connectivity index (χ4v) is 2.75. The zero-order valence-corrected chi connectivity index (χ0v) is 13.1. The zero-order valence-electron chi connectivity index (χ0n) is 10.1. The second-order valence-corrected chi connectivity index (χ2v) is 5.85. The molecule has 1 N–H and O–H groups in total. The van der Waals surface area contributed by atoms with Crippen LogP contribution < -0.4 is 5.32 Å². The quantitative estimate of drug-likeness (QED) is 0.625. The van der Waals surface area contributed by atoms with Crippen molar-refractivity contribution >= 4 is 45.9 Å². The molecule has 0 saturated heterocycles. The van der Waals surface area contributed by atoms with Gasteiger partial charge in [0.2, 0.25) is 0 Å². The Morgan fingerprint density at radius 1 is 1.26 bits per heavy atom. The van der Waals surface area contributed by atoms with Crippen molar-refractivity contribution in [2.45, 2.75) is 4.90 Å². The van der Waals surface area contributed by atoms with Crippen LogP contribution in [0.15, 0.2) is 47.4 Å². The average molecular weight is 387 g/mol. The summed E-state index contributed by atoms with van der Waals surface area (Å²) in [5, 5.41) is 2.81. The smallest absolute Gasteiger partial charge is 0.256 e. The number of nitrogens with one attached hydrogen (secondary N) is 1. The van der Waals surface area contributed by atoms with Gasteiger partial charge < -0.3 is 5.32 Å². The highest BCUT2D eigenvalue weighted by Crippen LogP contribution is 2.20. The van der Waals surface area contributed by atoms with Crippen LogP contribution in [-0.2, 0) is 0 Å². The van der Waals surface area contributed by atoms with E-state index in [1.54, 1.807) is 11.8 Å². The van der Waals surface area contributed by atoms with Crippen molar-refractivity contribution in [2.75, 3.05) is 11.6 Å². The second kappa shape index (κ2) is 6.38. The summed E-state index contributed by atoms with van der Waals surface area (Å²) in [4.78, 5) is 13.2. The summed E-state index contributed by atoms with van der Waals surface area (Å²) in [7, 11) is 0. The Morgan fingerprint density at radius 3 is 2.74 bits per heavy atom. The molecule has 0 aliphatic carbocycles. The lowest BCUT2D eigenvalue weighted by Crippen LogP contribution is -2.13. The lowest BCUT2D eigenvalue weighted by atomic mass is 10.2. The fraction of sp³-hybridized carbons (Fsp3) is 0.0714. The minimum Gasteiger partial charge on any atom is -0.322 e. The maximum atomic E-state index is 13.0. The summed E-state index contributed by atoms with van der Waals surface area (Å²) < 4.78 is 13.6. The van der Waals surface area contributed by atoms with Crippen molar-refractivity contribution in [1.29, 1.82) is 0 Å². The number of carbonyl (C=O) groups is 1. The summed E-state index contributed by atoms with van der Waals surface area (Å²) >= 11 is 3.56. The van der Waals surface area contributed by atoms with Gasteiger partial charge in [-0.1, -0.05) is 6.07 Å². The normalized spacial score (nSPS) is 10.3. The van der Waals surface area contributed by atoms with Crippen LogP contribution in [0.4, 0.5) is 10.1 Å². The lowest BCUT2D eigenvalue weighted by molar-refractivity contribution is 0.102. The minimum atomic E-state index is -0.342. The van der Waals surface area contributed by atoms with Crippen LogP contribution in [0, 0.1) is 9.39 Å². The van der Waals surface area contributed by atoms with Crippen LogP contribution in [-0.4, -0.2) is 12.2 Å². The molecule has 19 heavy (non-hydrogen) atoms. The molecule has 0 aliphatic rings. The van der Waals surface area contributed by atoms with E-state index in [1.165, 1.54) is 18.2 Å². The number of hydrogen-bond donors (Lipinski definition) is 1. The van der Waals surface area contributed by atoms with Crippen LogP contribution in [0.5, 0.6) is 0 Å². The number of benzene rings is 2. The van der Waals surface area contributed by atoms with Crippen LogP contribution in [0.25, 0.3) is 0 Å². The number of thioether (sulfide) groups is 1. The SMILES string of the molecule is CSc1cccc(NC(=O)c2ccc(F)cc2I)c1. The standard InChI is InChI=1S/C14H11FINOS/c1-19-11-4-2-3-10(8-11)17-14(18)12-6-5-9(15)7-13(12)16/h2-8H,1H3,(H,17,18). The molecule has 0 saturated carbocycles. The third-order valence-electron chi connectivity index (χ3n) is 2.50. The Morgan fingerprint density at radius 2 is 2.05 bits per heavy atom. The summed E-state index contributed by atoms with van der Waals surface area (Å²) in [6.45, 7) is 0. The van der Waals surface area contributed by atoms with E-state index < -0.39 is 0 Å². The molecule has 0 radical (unpaired) electrons. The van der Waals surface area contributed by atoms with Crippen LogP contribution in [0.2, 0.25) is 0 Å². The number of anilines is 1. The van der Waals surface area contributed by atoms with Gasteiger partial charge in [-0.15, -0.1) is 11.8 Å². The first kappa shape index (κ1) is 14.3. The number of carbonyl (C=O) groups excluding carboxylic acids is 1. The Balaban J connectivity index is 2.20. The lowest BCUT2D eigenvalue weighted by Gasteiger charge is -2.08. The molecule has 0 heterocycles. The van der Waals surface area contributed by atoms with E-state index in [0.29, 0.717) is 9.13 Å². The maximum absolute atomic E-state index is 13.0. The van der Waals surface area contributed by atoms with Crippen molar-refractivity contribution in [3.8, 4) is 0 Å². The molecule has 0 fully saturated rings. The molecule has 2 aromatic carbocycles. The third-order valence-corrected chi connectivity index (χ3v) is 4.12. The van der Waals surface area contributed by atoms with Gasteiger partial charge in [-0.2, -0.15) is 0 Å². The van der Waals surface area contributed by atoms with Gasteiger partial charge in [0.25, 0.3) is 5.91 Å². The third kappa shape index (κ3) is 3.70. The zero-order chi connectivity index (χ0) is 13.8. The highest BCUT2D eigenvalue weighted by atomic mass is 127. The monoisotopic (exact) mass is 387 g/mol. The van der Waals surface area contributed by atoms with E-state index in [9.17, 15) is 9.18 Å².